The fourth-order valence-electron chi connectivity index (χ4n) is 6.23. The van der Waals surface area contributed by atoms with Crippen LogP contribution in [-0.2, 0) is 25.5 Å². The Morgan fingerprint density at radius 1 is 0.917 bits per heavy atom. The van der Waals surface area contributed by atoms with Gasteiger partial charge in [0.05, 0.1) is 13.1 Å². The summed E-state index contributed by atoms with van der Waals surface area (Å²) in [6.45, 7) is 5.15. The second kappa shape index (κ2) is 16.4. The average molecular weight is 668 g/mol. The van der Waals surface area contributed by atoms with Gasteiger partial charge in [-0.15, -0.1) is 0 Å². The van der Waals surface area contributed by atoms with E-state index in [1.54, 1.807) is 0 Å². The minimum Gasteiger partial charge on any atom is -0.542 e. The fourth-order valence-corrected chi connectivity index (χ4v) is 6.23. The van der Waals surface area contributed by atoms with E-state index < -0.39 is 18.2 Å². The van der Waals surface area contributed by atoms with Crippen molar-refractivity contribution in [1.29, 1.82) is 0 Å². The van der Waals surface area contributed by atoms with Crippen molar-refractivity contribution in [3.05, 3.63) is 102 Å². The molecule has 0 unspecified atom stereocenters. The number of quaternary nitrogens is 1. The van der Waals surface area contributed by atoms with E-state index in [0.29, 0.717) is 30.0 Å². The third-order valence-electron chi connectivity index (χ3n) is 8.76. The molecule has 0 radical (unpaired) electrons. The van der Waals surface area contributed by atoms with Gasteiger partial charge in [0.25, 0.3) is 0 Å². The number of hydrogen-bond donors (Lipinski definition) is 2. The topological polar surface area (TPSA) is 125 Å². The minimum absolute atomic E-state index is 0.0166. The van der Waals surface area contributed by atoms with Crippen molar-refractivity contribution in [2.75, 3.05) is 38.0 Å². The summed E-state index contributed by atoms with van der Waals surface area (Å²) in [7, 11) is 0. The van der Waals surface area contributed by atoms with Crippen LogP contribution >= 0.6 is 0 Å². The summed E-state index contributed by atoms with van der Waals surface area (Å²) >= 11 is 0. The zero-order chi connectivity index (χ0) is 34.7. The molecule has 1 amide bonds. The van der Waals surface area contributed by atoms with Gasteiger partial charge in [0.2, 0.25) is 11.7 Å². The molecule has 2 bridgehead atoms. The molecule has 3 fully saturated rings. The Hall–Kier alpha value is -4.71. The quantitative estimate of drug-likeness (QED) is 0.128. The Morgan fingerprint density at radius 3 is 2.06 bits per heavy atom. The van der Waals surface area contributed by atoms with Crippen LogP contribution in [0.3, 0.4) is 0 Å². The number of hydrogen-bond acceptors (Lipinski definition) is 7. The molecule has 0 saturated carbocycles. The van der Waals surface area contributed by atoms with Crippen molar-refractivity contribution < 1.29 is 46.7 Å². The zero-order valence-electron chi connectivity index (χ0n) is 26.7. The molecule has 3 saturated heterocycles. The maximum absolute atomic E-state index is 13.6. The number of rotatable bonds is 12. The Morgan fingerprint density at radius 2 is 1.50 bits per heavy atom. The van der Waals surface area contributed by atoms with Gasteiger partial charge in [-0.05, 0) is 36.1 Å². The lowest BCUT2D eigenvalue weighted by Crippen LogP contribution is -2.65. The van der Waals surface area contributed by atoms with E-state index in [1.165, 1.54) is 6.92 Å². The van der Waals surface area contributed by atoms with Crippen LogP contribution in [0.2, 0.25) is 0 Å². The third-order valence-corrected chi connectivity index (χ3v) is 8.76. The van der Waals surface area contributed by atoms with Gasteiger partial charge >= 0.3 is 12.1 Å². The first kappa shape index (κ1) is 36.1. The molecule has 12 heteroatoms. The van der Waals surface area contributed by atoms with Crippen molar-refractivity contribution >= 4 is 29.3 Å². The first-order valence-corrected chi connectivity index (χ1v) is 15.9. The van der Waals surface area contributed by atoms with E-state index >= 15 is 0 Å². The molecular weight excluding hydrogens is 627 g/mol. The number of anilines is 1. The number of carbonyl (C=O) groups is 4. The lowest BCUT2D eigenvalue weighted by atomic mass is 9.82. The van der Waals surface area contributed by atoms with E-state index in [4.69, 9.17) is 14.6 Å². The van der Waals surface area contributed by atoms with E-state index in [9.17, 15) is 27.6 Å². The maximum atomic E-state index is 13.6. The van der Waals surface area contributed by atoms with Crippen LogP contribution in [0.25, 0.3) is 0 Å². The summed E-state index contributed by atoms with van der Waals surface area (Å²) in [6, 6.07) is 26.7. The van der Waals surface area contributed by atoms with Gasteiger partial charge in [-0.1, -0.05) is 72.8 Å². The molecule has 2 atom stereocenters. The molecule has 3 aromatic carbocycles. The number of aliphatic carboxylic acids is 1. The summed E-state index contributed by atoms with van der Waals surface area (Å²) in [6.07, 6.45) is -1.76. The highest BCUT2D eigenvalue weighted by Crippen LogP contribution is 2.37. The standard InChI is InChI=1S/C34H39N3O4.C2HF3O2/c1-25(38)35-20-8-9-26-14-16-27(17-15-26)31(39)23-37-21-18-28(19-22-37)32(24-37)41-34(40)33(29-10-4-2-5-11-29)36-30-12-6-3-7-13-30;3-2(4,5)1(6)7/h2-7,10-17,28,32-33,36H,8-9,18-24H2,1H3;(H,6,7)/t28?,32-,33+,37?;/m0./s1. The Labute approximate surface area is 277 Å². The number of carboxylic acids is 1. The number of halogens is 3. The maximum Gasteiger partial charge on any atom is 0.430 e. The van der Waals surface area contributed by atoms with Gasteiger partial charge in [-0.2, -0.15) is 13.2 Å². The van der Waals surface area contributed by atoms with Crippen LogP contribution in [0.5, 0.6) is 0 Å². The smallest absolute Gasteiger partial charge is 0.430 e. The predicted octanol–water partition coefficient (Wildman–Crippen LogP) is 4.24. The number of amides is 1. The number of alkyl halides is 3. The van der Waals surface area contributed by atoms with E-state index in [0.717, 1.165) is 61.2 Å². The Bertz CT molecular complexity index is 1530. The Kier molecular flexibility index (Phi) is 12.4. The molecule has 0 aromatic heterocycles. The first-order valence-electron chi connectivity index (χ1n) is 15.9. The van der Waals surface area contributed by atoms with Crippen LogP contribution in [-0.4, -0.2) is 73.1 Å². The number of nitrogens with one attached hydrogen (secondary N) is 2. The monoisotopic (exact) mass is 667 g/mol. The van der Waals surface area contributed by atoms with Gasteiger partial charge in [0.15, 0.2) is 12.1 Å². The summed E-state index contributed by atoms with van der Waals surface area (Å²) in [5, 5.41) is 15.0. The van der Waals surface area contributed by atoms with Crippen LogP contribution in [0, 0.1) is 5.92 Å². The number of ketones is 1. The number of nitrogens with zero attached hydrogens (tertiary/aromatic N) is 1. The van der Waals surface area contributed by atoms with Gasteiger partial charge < -0.3 is 29.8 Å². The number of esters is 1. The number of piperidine rings is 3. The average Bonchev–Trinajstić information content (AvgIpc) is 3.07. The molecule has 3 aromatic rings. The molecule has 9 nitrogen and oxygen atoms in total. The lowest BCUT2D eigenvalue weighted by molar-refractivity contribution is -0.938. The van der Waals surface area contributed by atoms with Crippen molar-refractivity contribution in [1.82, 2.24) is 5.32 Å². The first-order chi connectivity index (χ1) is 22.8. The number of benzene rings is 3. The normalized spacial score (nSPS) is 20.4. The summed E-state index contributed by atoms with van der Waals surface area (Å²) < 4.78 is 38.5. The second-order valence-corrected chi connectivity index (χ2v) is 12.3. The number of carboxylic acid groups (broad SMARTS) is 1. The highest BCUT2D eigenvalue weighted by Gasteiger charge is 2.49. The molecule has 6 rings (SSSR count). The van der Waals surface area contributed by atoms with E-state index in [-0.39, 0.29) is 23.8 Å². The van der Waals surface area contributed by atoms with Crippen LogP contribution in [0.15, 0.2) is 84.9 Å². The Balaban J connectivity index is 0.000000671. The van der Waals surface area contributed by atoms with E-state index in [2.05, 4.69) is 10.6 Å². The molecular formula is C36H40F3N3O6. The number of ether oxygens (including phenoxy) is 1. The SMILES string of the molecule is CC(=O)NCCCc1ccc(C(=O)C[N+]23CCC(CC2)[C@@H](OC(=O)[C@H](Nc2ccccc2)c2ccccc2)C3)cc1.O=C([O-])C(F)(F)F. The van der Waals surface area contributed by atoms with E-state index in [1.807, 2.05) is 84.9 Å². The third kappa shape index (κ3) is 10.4. The zero-order valence-corrected chi connectivity index (χ0v) is 26.7. The lowest BCUT2D eigenvalue weighted by Gasteiger charge is -2.51. The second-order valence-electron chi connectivity index (χ2n) is 12.3. The number of Topliss-reactive ketones (excluding diaryl/α,β-unsaturated/α-hetero) is 1. The van der Waals surface area contributed by atoms with Crippen LogP contribution in [0.4, 0.5) is 18.9 Å². The van der Waals surface area contributed by atoms with Gasteiger partial charge in [-0.25, -0.2) is 4.79 Å². The van der Waals surface area contributed by atoms with Gasteiger partial charge in [0.1, 0.15) is 19.1 Å². The highest BCUT2D eigenvalue weighted by atomic mass is 19.4. The largest absolute Gasteiger partial charge is 0.542 e. The van der Waals surface area contributed by atoms with Crippen LogP contribution in [0.1, 0.15) is 53.7 Å². The molecule has 3 aliphatic rings. The fraction of sp³-hybridized carbons (Fsp3) is 0.389. The predicted molar refractivity (Wildman–Crippen MR) is 170 cm³/mol. The molecule has 2 N–H and O–H groups in total. The van der Waals surface area contributed by atoms with Gasteiger partial charge in [-0.3, -0.25) is 9.59 Å². The molecule has 3 aliphatic heterocycles. The van der Waals surface area contributed by atoms with Crippen LogP contribution < -0.4 is 15.7 Å². The van der Waals surface area contributed by atoms with Crippen molar-refractivity contribution in [3.8, 4) is 0 Å². The molecule has 3 heterocycles. The minimum atomic E-state index is -5.19. The summed E-state index contributed by atoms with van der Waals surface area (Å²) in [4.78, 5) is 46.8. The van der Waals surface area contributed by atoms with Gasteiger partial charge in [0, 0.05) is 43.5 Å². The van der Waals surface area contributed by atoms with Crippen molar-refractivity contribution in [3.63, 3.8) is 0 Å². The molecule has 0 spiro atoms. The summed E-state index contributed by atoms with van der Waals surface area (Å²) in [5.74, 6) is -2.84. The summed E-state index contributed by atoms with van der Waals surface area (Å²) in [5.41, 5.74) is 3.60. The number of fused-ring (bicyclic) bond motifs is 3. The number of carbonyl (C=O) groups excluding carboxylic acids is 4. The van der Waals surface area contributed by atoms with Crippen molar-refractivity contribution in [2.45, 2.75) is 50.9 Å². The van der Waals surface area contributed by atoms with Crippen molar-refractivity contribution in [2.24, 2.45) is 5.92 Å². The molecule has 0 aliphatic carbocycles. The number of aryl methyl sites for hydroxylation is 1. The molecule has 256 valence electrons. The number of para-hydroxylation sites is 1. The molecule has 48 heavy (non-hydrogen) atoms. The highest BCUT2D eigenvalue weighted by molar-refractivity contribution is 5.97.